The fourth-order valence-electron chi connectivity index (χ4n) is 2.11. The maximum Gasteiger partial charge on any atom is 0.446 e. The van der Waals surface area contributed by atoms with Gasteiger partial charge in [0.1, 0.15) is 5.25 Å². The van der Waals surface area contributed by atoms with Gasteiger partial charge in [-0.25, -0.2) is 4.79 Å². The highest BCUT2D eigenvalue weighted by Gasteiger charge is 2.48. The highest BCUT2D eigenvalue weighted by Crippen LogP contribution is 2.51. The standard InChI is InChI=1S/C12H8F6O2S2/c13-11(14,15)9-7(10(19)20)4-5-3-6(22-12(16,17)18)1-2-8(5)21-9/h1-2,4-5,9H,3H2,(H,19,20). The fourth-order valence-corrected chi connectivity index (χ4v) is 3.99. The largest absolute Gasteiger partial charge is 0.478 e. The Bertz CT molecular complexity index is 573. The van der Waals surface area contributed by atoms with Crippen molar-refractivity contribution in [2.45, 2.75) is 23.4 Å². The number of carboxylic acid groups (broad SMARTS) is 1. The average molecular weight is 362 g/mol. The molecule has 0 spiro atoms. The summed E-state index contributed by atoms with van der Waals surface area (Å²) in [6, 6.07) is 0. The first-order valence-electron chi connectivity index (χ1n) is 5.82. The first-order valence-corrected chi connectivity index (χ1v) is 7.52. The number of aliphatic carboxylic acids is 1. The summed E-state index contributed by atoms with van der Waals surface area (Å²) in [6.45, 7) is 0. The Morgan fingerprint density at radius 3 is 2.36 bits per heavy atom. The van der Waals surface area contributed by atoms with Crippen LogP contribution in [0.15, 0.2) is 33.6 Å². The molecule has 0 radical (unpaired) electrons. The van der Waals surface area contributed by atoms with Crippen LogP contribution in [0.3, 0.4) is 0 Å². The Balaban J connectivity index is 2.30. The summed E-state index contributed by atoms with van der Waals surface area (Å²) in [5, 5.41) is 6.70. The SMILES string of the molecule is O=C(O)C1=CC2CC(SC(F)(F)F)=CC=C2SC1C(F)(F)F. The number of allylic oxidation sites excluding steroid dienone is 5. The summed E-state index contributed by atoms with van der Waals surface area (Å²) >= 11 is -0.0115. The molecule has 2 aliphatic rings. The van der Waals surface area contributed by atoms with Crippen molar-refractivity contribution in [1.82, 2.24) is 0 Å². The molecule has 0 fully saturated rings. The number of hydrogen-bond donors (Lipinski definition) is 1. The van der Waals surface area contributed by atoms with Gasteiger partial charge in [0.15, 0.2) is 0 Å². The van der Waals surface area contributed by atoms with E-state index in [1.54, 1.807) is 0 Å². The molecule has 0 bridgehead atoms. The van der Waals surface area contributed by atoms with Crippen molar-refractivity contribution in [1.29, 1.82) is 0 Å². The number of thioether (sulfide) groups is 2. The lowest BCUT2D eigenvalue weighted by atomic mass is 9.95. The molecule has 2 unspecified atom stereocenters. The molecule has 1 aliphatic heterocycles. The maximum atomic E-state index is 12.9. The molecule has 2 nitrogen and oxygen atoms in total. The normalized spacial score (nSPS) is 25.8. The second kappa shape index (κ2) is 5.88. The van der Waals surface area contributed by atoms with Crippen LogP contribution in [-0.2, 0) is 4.79 Å². The van der Waals surface area contributed by atoms with Crippen LogP contribution in [0, 0.1) is 5.92 Å². The molecule has 1 heterocycles. The first-order chi connectivity index (χ1) is 9.97. The Hall–Kier alpha value is -1.03. The predicted octanol–water partition coefficient (Wildman–Crippen LogP) is 4.72. The number of hydrogen-bond acceptors (Lipinski definition) is 3. The number of rotatable bonds is 2. The fraction of sp³-hybridized carbons (Fsp3) is 0.417. The summed E-state index contributed by atoms with van der Waals surface area (Å²) in [5.41, 5.74) is -5.33. The molecule has 0 amide bonds. The Morgan fingerprint density at radius 1 is 1.23 bits per heavy atom. The lowest BCUT2D eigenvalue weighted by Gasteiger charge is -2.32. The number of carbonyl (C=O) groups is 1. The molecule has 22 heavy (non-hydrogen) atoms. The number of fused-ring (bicyclic) bond motifs is 1. The topological polar surface area (TPSA) is 37.3 Å². The van der Waals surface area contributed by atoms with Crippen LogP contribution in [0.2, 0.25) is 0 Å². The van der Waals surface area contributed by atoms with Gasteiger partial charge >= 0.3 is 17.7 Å². The van der Waals surface area contributed by atoms with Gasteiger partial charge in [-0.1, -0.05) is 18.2 Å². The third kappa shape index (κ3) is 4.03. The lowest BCUT2D eigenvalue weighted by Crippen LogP contribution is -2.34. The van der Waals surface area contributed by atoms with Gasteiger partial charge in [-0.2, -0.15) is 26.3 Å². The smallest absolute Gasteiger partial charge is 0.446 e. The molecule has 1 aliphatic carbocycles. The highest BCUT2D eigenvalue weighted by molar-refractivity contribution is 8.04. The van der Waals surface area contributed by atoms with Crippen LogP contribution >= 0.6 is 23.5 Å². The third-order valence-electron chi connectivity index (χ3n) is 2.93. The number of halogens is 6. The summed E-state index contributed by atoms with van der Waals surface area (Å²) in [6.07, 6.45) is -1.67. The molecular weight excluding hydrogens is 354 g/mol. The molecule has 0 saturated heterocycles. The van der Waals surface area contributed by atoms with Gasteiger partial charge in [0.25, 0.3) is 0 Å². The van der Waals surface area contributed by atoms with Crippen LogP contribution in [0.5, 0.6) is 0 Å². The van der Waals surface area contributed by atoms with Gasteiger partial charge in [0, 0.05) is 5.92 Å². The van der Waals surface area contributed by atoms with E-state index in [2.05, 4.69) is 0 Å². The summed E-state index contributed by atoms with van der Waals surface area (Å²) in [7, 11) is 0. The van der Waals surface area contributed by atoms with E-state index in [0.717, 1.165) is 12.2 Å². The zero-order valence-electron chi connectivity index (χ0n) is 10.5. The molecule has 0 saturated carbocycles. The van der Waals surface area contributed by atoms with Crippen molar-refractivity contribution in [2.75, 3.05) is 0 Å². The monoisotopic (exact) mass is 362 g/mol. The highest BCUT2D eigenvalue weighted by atomic mass is 32.2. The van der Waals surface area contributed by atoms with Crippen molar-refractivity contribution < 1.29 is 36.2 Å². The lowest BCUT2D eigenvalue weighted by molar-refractivity contribution is -0.140. The molecule has 2 atom stereocenters. The van der Waals surface area contributed by atoms with E-state index in [1.165, 1.54) is 6.08 Å². The molecule has 122 valence electrons. The van der Waals surface area contributed by atoms with Crippen molar-refractivity contribution in [3.8, 4) is 0 Å². The van der Waals surface area contributed by atoms with E-state index in [-0.39, 0.29) is 28.0 Å². The van der Waals surface area contributed by atoms with Crippen LogP contribution in [0.1, 0.15) is 6.42 Å². The zero-order chi connectivity index (χ0) is 16.7. The summed E-state index contributed by atoms with van der Waals surface area (Å²) in [4.78, 5) is 11.2. The summed E-state index contributed by atoms with van der Waals surface area (Å²) in [5.74, 6) is -2.49. The van der Waals surface area contributed by atoms with Crippen molar-refractivity contribution >= 4 is 29.5 Å². The minimum atomic E-state index is -4.74. The van der Waals surface area contributed by atoms with Gasteiger partial charge in [0.2, 0.25) is 0 Å². The van der Waals surface area contributed by atoms with E-state index in [9.17, 15) is 31.1 Å². The second-order valence-electron chi connectivity index (χ2n) is 4.53. The predicted molar refractivity (Wildman–Crippen MR) is 71.1 cm³/mol. The quantitative estimate of drug-likeness (QED) is 0.722. The molecule has 0 aromatic carbocycles. The number of alkyl halides is 6. The van der Waals surface area contributed by atoms with Gasteiger partial charge in [-0.15, -0.1) is 11.8 Å². The van der Waals surface area contributed by atoms with E-state index in [4.69, 9.17) is 5.11 Å². The van der Waals surface area contributed by atoms with Crippen molar-refractivity contribution in [2.24, 2.45) is 5.92 Å². The molecule has 10 heteroatoms. The maximum absolute atomic E-state index is 12.9. The van der Waals surface area contributed by atoms with Crippen LogP contribution in [-0.4, -0.2) is 28.0 Å². The zero-order valence-corrected chi connectivity index (χ0v) is 12.2. The van der Waals surface area contributed by atoms with Crippen LogP contribution < -0.4 is 0 Å². The Kier molecular flexibility index (Phi) is 4.63. The molecule has 0 aromatic rings. The van der Waals surface area contributed by atoms with E-state index >= 15 is 0 Å². The summed E-state index contributed by atoms with van der Waals surface area (Å²) < 4.78 is 75.6. The first kappa shape index (κ1) is 17.3. The number of carboxylic acids is 1. The van der Waals surface area contributed by atoms with E-state index in [1.807, 2.05) is 0 Å². The van der Waals surface area contributed by atoms with Crippen molar-refractivity contribution in [3.63, 3.8) is 0 Å². The Labute approximate surface area is 129 Å². The van der Waals surface area contributed by atoms with Gasteiger partial charge in [-0.3, -0.25) is 0 Å². The van der Waals surface area contributed by atoms with Crippen molar-refractivity contribution in [3.05, 3.63) is 33.6 Å². The minimum absolute atomic E-state index is 0.0618. The van der Waals surface area contributed by atoms with Crippen LogP contribution in [0.25, 0.3) is 0 Å². The molecule has 1 N–H and O–H groups in total. The minimum Gasteiger partial charge on any atom is -0.478 e. The third-order valence-corrected chi connectivity index (χ3v) is 5.19. The molecule has 0 aromatic heterocycles. The van der Waals surface area contributed by atoms with Gasteiger partial charge in [-0.05, 0) is 28.0 Å². The molecular formula is C12H8F6O2S2. The van der Waals surface area contributed by atoms with Crippen LogP contribution in [0.4, 0.5) is 26.3 Å². The second-order valence-corrected chi connectivity index (χ2v) is 6.90. The molecule has 2 rings (SSSR count). The Morgan fingerprint density at radius 2 is 1.86 bits per heavy atom. The van der Waals surface area contributed by atoms with Gasteiger partial charge < -0.3 is 5.11 Å². The average Bonchev–Trinajstić information content (AvgIpc) is 2.33. The van der Waals surface area contributed by atoms with E-state index in [0.29, 0.717) is 11.8 Å². The van der Waals surface area contributed by atoms with Gasteiger partial charge in [0.05, 0.1) is 5.57 Å². The van der Waals surface area contributed by atoms with E-state index < -0.39 is 34.4 Å².